The third-order valence-corrected chi connectivity index (χ3v) is 6.65. The highest BCUT2D eigenvalue weighted by Crippen LogP contribution is 2.36. The van der Waals surface area contributed by atoms with E-state index in [0.717, 1.165) is 6.26 Å². The van der Waals surface area contributed by atoms with Gasteiger partial charge in [0.2, 0.25) is 27.8 Å². The van der Waals surface area contributed by atoms with Crippen LogP contribution in [0, 0.1) is 5.82 Å². The number of hydroxylamine groups is 1. The highest BCUT2D eigenvalue weighted by molar-refractivity contribution is 7.92. The van der Waals surface area contributed by atoms with E-state index in [0.29, 0.717) is 73.7 Å². The number of carbonyl (C=O) groups excluding carboxylic acids is 1. The maximum absolute atomic E-state index is 14.9. The molecule has 0 unspecified atom stereocenters. The van der Waals surface area contributed by atoms with Crippen molar-refractivity contribution in [2.45, 2.75) is 25.7 Å². The Hall–Kier alpha value is -3.82. The van der Waals surface area contributed by atoms with Crippen LogP contribution >= 0.6 is 0 Å². The zero-order valence-electron chi connectivity index (χ0n) is 22.1. The summed E-state index contributed by atoms with van der Waals surface area (Å²) in [6, 6.07) is 4.07. The molecule has 13 nitrogen and oxygen atoms in total. The van der Waals surface area contributed by atoms with Crippen LogP contribution in [0.5, 0.6) is 11.6 Å². The number of aromatic nitrogens is 3. The summed E-state index contributed by atoms with van der Waals surface area (Å²) in [5, 5.41) is 8.95. The van der Waals surface area contributed by atoms with Crippen molar-refractivity contribution in [3.8, 4) is 22.9 Å². The number of anilines is 2. The van der Waals surface area contributed by atoms with E-state index in [4.69, 9.17) is 29.4 Å². The molecule has 40 heavy (non-hydrogen) atoms. The van der Waals surface area contributed by atoms with Gasteiger partial charge in [-0.25, -0.2) is 33.2 Å². The number of amides is 1. The standard InChI is InChI=1S/C25H31FN6O7S/c1-37-24-19(31-40(2,35)36)12-16(15-27-24)22-18-13-17(26)14-20(39-9-5-3-4-6-21(33)30-34)23(18)29-25(28-22)32-7-10-38-11-8-32/h12-15,31,34H,3-11H2,1-2H3,(H,30,33). The third kappa shape index (κ3) is 7.43. The van der Waals surface area contributed by atoms with Gasteiger partial charge in [0.25, 0.3) is 0 Å². The molecule has 3 aromatic rings. The molecule has 4 rings (SSSR count). The summed E-state index contributed by atoms with van der Waals surface area (Å²) in [6.45, 7) is 2.32. The van der Waals surface area contributed by atoms with E-state index < -0.39 is 21.7 Å². The number of rotatable bonds is 12. The first-order chi connectivity index (χ1) is 19.2. The van der Waals surface area contributed by atoms with Gasteiger partial charge in [-0.2, -0.15) is 0 Å². The number of sulfonamides is 1. The summed E-state index contributed by atoms with van der Waals surface area (Å²) >= 11 is 0. The average Bonchev–Trinajstić information content (AvgIpc) is 2.93. The van der Waals surface area contributed by atoms with E-state index in [9.17, 15) is 17.6 Å². The molecule has 3 heterocycles. The summed E-state index contributed by atoms with van der Waals surface area (Å²) in [7, 11) is -2.29. The summed E-state index contributed by atoms with van der Waals surface area (Å²) < 4.78 is 57.8. The van der Waals surface area contributed by atoms with Crippen LogP contribution < -0.4 is 24.6 Å². The van der Waals surface area contributed by atoms with Crippen LogP contribution in [0.4, 0.5) is 16.0 Å². The summed E-state index contributed by atoms with van der Waals surface area (Å²) in [5.41, 5.74) is 2.82. The molecule has 15 heteroatoms. The van der Waals surface area contributed by atoms with Gasteiger partial charge in [0, 0.05) is 42.7 Å². The third-order valence-electron chi connectivity index (χ3n) is 6.06. The van der Waals surface area contributed by atoms with Crippen molar-refractivity contribution in [1.82, 2.24) is 20.4 Å². The number of pyridine rings is 1. The topological polar surface area (TPSA) is 165 Å². The van der Waals surface area contributed by atoms with Gasteiger partial charge in [-0.15, -0.1) is 0 Å². The van der Waals surface area contributed by atoms with Crippen molar-refractivity contribution in [2.24, 2.45) is 0 Å². The lowest BCUT2D eigenvalue weighted by Crippen LogP contribution is -2.37. The van der Waals surface area contributed by atoms with Crippen LogP contribution in [0.3, 0.4) is 0 Å². The second-order valence-electron chi connectivity index (χ2n) is 9.12. The quantitative estimate of drug-likeness (QED) is 0.164. The second kappa shape index (κ2) is 13.0. The minimum atomic E-state index is -3.65. The number of benzene rings is 1. The first-order valence-corrected chi connectivity index (χ1v) is 14.5. The number of carbonyl (C=O) groups is 1. The molecule has 1 amide bonds. The Bertz CT molecular complexity index is 1470. The molecule has 0 saturated carbocycles. The molecule has 1 aliphatic heterocycles. The predicted octanol–water partition coefficient (Wildman–Crippen LogP) is 2.49. The smallest absolute Gasteiger partial charge is 0.243 e. The molecule has 1 aromatic carbocycles. The van der Waals surface area contributed by atoms with Crippen LogP contribution in [0.1, 0.15) is 25.7 Å². The molecule has 0 atom stereocenters. The molecular formula is C25H31FN6O7S. The average molecular weight is 579 g/mol. The van der Waals surface area contributed by atoms with Gasteiger partial charge in [-0.3, -0.25) is 14.7 Å². The highest BCUT2D eigenvalue weighted by atomic mass is 32.2. The van der Waals surface area contributed by atoms with Crippen LogP contribution in [0.15, 0.2) is 24.4 Å². The number of nitrogens with one attached hydrogen (secondary N) is 2. The Morgan fingerprint density at radius 3 is 2.65 bits per heavy atom. The van der Waals surface area contributed by atoms with Crippen molar-refractivity contribution in [1.29, 1.82) is 0 Å². The number of morpholine rings is 1. The number of halogens is 1. The molecule has 3 N–H and O–H groups in total. The van der Waals surface area contributed by atoms with E-state index >= 15 is 0 Å². The van der Waals surface area contributed by atoms with Crippen LogP contribution in [-0.2, 0) is 19.6 Å². The lowest BCUT2D eigenvalue weighted by Gasteiger charge is -2.27. The van der Waals surface area contributed by atoms with E-state index in [-0.39, 0.29) is 30.3 Å². The molecular weight excluding hydrogens is 547 g/mol. The molecule has 216 valence electrons. The van der Waals surface area contributed by atoms with E-state index in [1.165, 1.54) is 31.5 Å². The van der Waals surface area contributed by atoms with Gasteiger partial charge in [0.15, 0.2) is 0 Å². The van der Waals surface area contributed by atoms with E-state index in [1.54, 1.807) is 5.48 Å². The first kappa shape index (κ1) is 29.2. The molecule has 1 fully saturated rings. The van der Waals surface area contributed by atoms with Crippen LogP contribution in [-0.4, -0.2) is 80.8 Å². The molecule has 0 radical (unpaired) electrons. The number of unbranched alkanes of at least 4 members (excludes halogenated alkanes) is 2. The monoisotopic (exact) mass is 578 g/mol. The number of fused-ring (bicyclic) bond motifs is 1. The minimum Gasteiger partial charge on any atom is -0.491 e. The number of ether oxygens (including phenoxy) is 3. The lowest BCUT2D eigenvalue weighted by atomic mass is 10.1. The maximum Gasteiger partial charge on any atom is 0.243 e. The Balaban J connectivity index is 1.74. The van der Waals surface area contributed by atoms with E-state index in [1.807, 2.05) is 4.90 Å². The molecule has 2 aromatic heterocycles. The Kier molecular flexibility index (Phi) is 9.50. The summed E-state index contributed by atoms with van der Waals surface area (Å²) in [5.74, 6) is -0.364. The fourth-order valence-corrected chi connectivity index (χ4v) is 4.76. The van der Waals surface area contributed by atoms with Crippen molar-refractivity contribution in [3.05, 3.63) is 30.2 Å². The Morgan fingerprint density at radius 1 is 1.18 bits per heavy atom. The zero-order valence-corrected chi connectivity index (χ0v) is 23.0. The van der Waals surface area contributed by atoms with Gasteiger partial charge >= 0.3 is 0 Å². The summed E-state index contributed by atoms with van der Waals surface area (Å²) in [6.07, 6.45) is 4.47. The van der Waals surface area contributed by atoms with Crippen LogP contribution in [0.2, 0.25) is 0 Å². The van der Waals surface area contributed by atoms with Crippen molar-refractivity contribution in [3.63, 3.8) is 0 Å². The first-order valence-electron chi connectivity index (χ1n) is 12.6. The number of methoxy groups -OCH3 is 1. The Labute approximate surface area is 230 Å². The van der Waals surface area contributed by atoms with Gasteiger partial charge in [0.1, 0.15) is 22.8 Å². The fourth-order valence-electron chi connectivity index (χ4n) is 4.21. The van der Waals surface area contributed by atoms with Gasteiger partial charge in [-0.1, -0.05) is 0 Å². The second-order valence-corrected chi connectivity index (χ2v) is 10.9. The van der Waals surface area contributed by atoms with E-state index in [2.05, 4.69) is 9.71 Å². The minimum absolute atomic E-state index is 0.0626. The number of nitrogens with zero attached hydrogens (tertiary/aromatic N) is 4. The van der Waals surface area contributed by atoms with Gasteiger partial charge in [-0.05, 0) is 31.4 Å². The molecule has 0 bridgehead atoms. The van der Waals surface area contributed by atoms with Crippen molar-refractivity contribution in [2.75, 3.05) is 55.9 Å². The van der Waals surface area contributed by atoms with Gasteiger partial charge < -0.3 is 19.1 Å². The largest absolute Gasteiger partial charge is 0.491 e. The molecule has 0 spiro atoms. The molecule has 1 aliphatic rings. The maximum atomic E-state index is 14.9. The normalized spacial score (nSPS) is 13.8. The molecule has 0 aliphatic carbocycles. The van der Waals surface area contributed by atoms with Crippen LogP contribution in [0.25, 0.3) is 22.2 Å². The van der Waals surface area contributed by atoms with Crippen molar-refractivity contribution >= 4 is 38.5 Å². The van der Waals surface area contributed by atoms with Crippen molar-refractivity contribution < 1.29 is 37.0 Å². The fraction of sp³-hybridized carbons (Fsp3) is 0.440. The predicted molar refractivity (Wildman–Crippen MR) is 145 cm³/mol. The molecule has 1 saturated heterocycles. The highest BCUT2D eigenvalue weighted by Gasteiger charge is 2.22. The number of hydrogen-bond donors (Lipinski definition) is 3. The Morgan fingerprint density at radius 2 is 1.95 bits per heavy atom. The lowest BCUT2D eigenvalue weighted by molar-refractivity contribution is -0.129. The zero-order chi connectivity index (χ0) is 28.7. The SMILES string of the molecule is COc1ncc(-c2nc(N3CCOCC3)nc3c(OCCCCCC(=O)NO)cc(F)cc23)cc1NS(C)(=O)=O. The number of hydrogen-bond acceptors (Lipinski definition) is 11. The summed E-state index contributed by atoms with van der Waals surface area (Å²) in [4.78, 5) is 26.8. The van der Waals surface area contributed by atoms with Gasteiger partial charge in [0.05, 0.1) is 38.9 Å².